The van der Waals surface area contributed by atoms with Crippen LogP contribution in [0.5, 0.6) is 0 Å². The number of sulfonamides is 1. The molecule has 26 heavy (non-hydrogen) atoms. The fourth-order valence-corrected chi connectivity index (χ4v) is 4.80. The quantitative estimate of drug-likeness (QED) is 0.645. The molecule has 0 aliphatic carbocycles. The first-order valence-corrected chi connectivity index (χ1v) is 11.0. The van der Waals surface area contributed by atoms with Gasteiger partial charge in [0.15, 0.2) is 0 Å². The average Bonchev–Trinajstić information content (AvgIpc) is 3.17. The normalized spacial score (nSPS) is 15.5. The Hall–Kier alpha value is -1.15. The lowest BCUT2D eigenvalue weighted by molar-refractivity contribution is 0.0951. The minimum Gasteiger partial charge on any atom is -0.352 e. The van der Waals surface area contributed by atoms with Gasteiger partial charge < -0.3 is 10.2 Å². The molecule has 0 spiro atoms. The largest absolute Gasteiger partial charge is 0.352 e. The predicted octanol–water partition coefficient (Wildman–Crippen LogP) is 2.59. The van der Waals surface area contributed by atoms with Crippen molar-refractivity contribution in [2.75, 3.05) is 39.3 Å². The van der Waals surface area contributed by atoms with Crippen molar-refractivity contribution >= 4 is 27.5 Å². The highest BCUT2D eigenvalue weighted by molar-refractivity contribution is 7.89. The molecule has 1 aromatic carbocycles. The van der Waals surface area contributed by atoms with E-state index in [1.165, 1.54) is 22.5 Å². The highest BCUT2D eigenvalue weighted by Crippen LogP contribution is 2.25. The van der Waals surface area contributed by atoms with Gasteiger partial charge in [-0.3, -0.25) is 4.79 Å². The van der Waals surface area contributed by atoms with Crippen molar-refractivity contribution in [3.05, 3.63) is 28.8 Å². The van der Waals surface area contributed by atoms with E-state index in [0.29, 0.717) is 19.6 Å². The van der Waals surface area contributed by atoms with Crippen molar-refractivity contribution in [1.82, 2.24) is 14.5 Å². The van der Waals surface area contributed by atoms with E-state index in [0.717, 1.165) is 38.9 Å². The zero-order valence-electron chi connectivity index (χ0n) is 15.5. The summed E-state index contributed by atoms with van der Waals surface area (Å²) in [6, 6.07) is 4.33. The molecule has 146 valence electrons. The summed E-state index contributed by atoms with van der Waals surface area (Å²) in [6.45, 7) is 8.65. The molecule has 2 rings (SSSR count). The third-order valence-corrected chi connectivity index (χ3v) is 6.94. The minimum absolute atomic E-state index is 0.122. The number of rotatable bonds is 9. The maximum atomic E-state index is 12.7. The molecule has 1 aromatic rings. The van der Waals surface area contributed by atoms with E-state index in [1.807, 2.05) is 0 Å². The molecule has 0 aromatic heterocycles. The van der Waals surface area contributed by atoms with Crippen LogP contribution >= 0.6 is 11.6 Å². The molecule has 1 saturated heterocycles. The van der Waals surface area contributed by atoms with Crippen molar-refractivity contribution in [1.29, 1.82) is 0 Å². The Morgan fingerprint density at radius 3 is 2.50 bits per heavy atom. The van der Waals surface area contributed by atoms with Crippen molar-refractivity contribution in [3.63, 3.8) is 0 Å². The fourth-order valence-electron chi connectivity index (χ4n) is 3.06. The Kier molecular flexibility index (Phi) is 7.88. The van der Waals surface area contributed by atoms with Crippen LogP contribution < -0.4 is 5.32 Å². The molecule has 1 aliphatic heterocycles. The number of carbonyl (C=O) groups is 1. The van der Waals surface area contributed by atoms with Crippen LogP contribution in [0.25, 0.3) is 0 Å². The van der Waals surface area contributed by atoms with Crippen LogP contribution in [0.3, 0.4) is 0 Å². The summed E-state index contributed by atoms with van der Waals surface area (Å²) < 4.78 is 26.8. The van der Waals surface area contributed by atoms with E-state index in [9.17, 15) is 13.2 Å². The summed E-state index contributed by atoms with van der Waals surface area (Å²) in [5, 5.41) is 3.09. The summed E-state index contributed by atoms with van der Waals surface area (Å²) >= 11 is 6.13. The lowest BCUT2D eigenvalue weighted by Crippen LogP contribution is -2.30. The first-order chi connectivity index (χ1) is 12.4. The van der Waals surface area contributed by atoms with E-state index in [1.54, 1.807) is 0 Å². The molecular weight excluding hydrogens is 374 g/mol. The van der Waals surface area contributed by atoms with E-state index in [2.05, 4.69) is 24.1 Å². The molecule has 8 heteroatoms. The maximum Gasteiger partial charge on any atom is 0.252 e. The van der Waals surface area contributed by atoms with E-state index in [-0.39, 0.29) is 21.4 Å². The average molecular weight is 402 g/mol. The second-order valence-corrected chi connectivity index (χ2v) is 8.73. The Morgan fingerprint density at radius 1 is 1.23 bits per heavy atom. The van der Waals surface area contributed by atoms with E-state index in [4.69, 9.17) is 11.6 Å². The molecule has 0 bridgehead atoms. The summed E-state index contributed by atoms with van der Waals surface area (Å²) in [6.07, 6.45) is 2.57. The van der Waals surface area contributed by atoms with Crippen molar-refractivity contribution in [2.45, 2.75) is 38.0 Å². The molecule has 0 saturated carbocycles. The number of carbonyl (C=O) groups excluding carboxylic acids is 1. The van der Waals surface area contributed by atoms with Gasteiger partial charge in [0.05, 0.1) is 15.5 Å². The van der Waals surface area contributed by atoms with Crippen LogP contribution in [0.2, 0.25) is 5.02 Å². The Bertz CT molecular complexity index is 714. The molecule has 1 heterocycles. The second-order valence-electron chi connectivity index (χ2n) is 6.39. The number of halogens is 1. The van der Waals surface area contributed by atoms with Crippen molar-refractivity contribution in [3.8, 4) is 0 Å². The van der Waals surface area contributed by atoms with E-state index < -0.39 is 10.0 Å². The number of amides is 1. The monoisotopic (exact) mass is 401 g/mol. The summed E-state index contributed by atoms with van der Waals surface area (Å²) in [5.74, 6) is -0.340. The highest BCUT2D eigenvalue weighted by Gasteiger charge is 2.28. The molecule has 1 fully saturated rings. The van der Waals surface area contributed by atoms with Gasteiger partial charge in [-0.05, 0) is 57.1 Å². The zero-order chi connectivity index (χ0) is 19.2. The highest BCUT2D eigenvalue weighted by atomic mass is 35.5. The number of nitrogens with one attached hydrogen (secondary N) is 1. The Labute approximate surface area is 161 Å². The minimum atomic E-state index is -3.57. The van der Waals surface area contributed by atoms with Crippen LogP contribution in [0.4, 0.5) is 0 Å². The third-order valence-electron chi connectivity index (χ3n) is 4.72. The van der Waals surface area contributed by atoms with Gasteiger partial charge in [-0.15, -0.1) is 0 Å². The van der Waals surface area contributed by atoms with Gasteiger partial charge >= 0.3 is 0 Å². The molecule has 1 N–H and O–H groups in total. The van der Waals surface area contributed by atoms with E-state index >= 15 is 0 Å². The second kappa shape index (κ2) is 9.69. The lowest BCUT2D eigenvalue weighted by Gasteiger charge is -2.18. The van der Waals surface area contributed by atoms with Gasteiger partial charge in [0.2, 0.25) is 10.0 Å². The van der Waals surface area contributed by atoms with Crippen LogP contribution in [0, 0.1) is 0 Å². The maximum absolute atomic E-state index is 12.7. The fraction of sp³-hybridized carbons (Fsp3) is 0.611. The molecular formula is C18H28ClN3O3S. The molecule has 1 amide bonds. The van der Waals surface area contributed by atoms with Gasteiger partial charge in [0.25, 0.3) is 5.91 Å². The van der Waals surface area contributed by atoms with Gasteiger partial charge in [0.1, 0.15) is 0 Å². The summed E-state index contributed by atoms with van der Waals surface area (Å²) in [7, 11) is -3.57. The van der Waals surface area contributed by atoms with Crippen molar-refractivity contribution in [2.24, 2.45) is 0 Å². The summed E-state index contributed by atoms with van der Waals surface area (Å²) in [4.78, 5) is 14.8. The standard InChI is InChI=1S/C18H28ClN3O3S/c1-3-21(4-2)11-7-10-20-18(23)16-14-15(8-9-17(16)19)26(24,25)22-12-5-6-13-22/h8-9,14H,3-7,10-13H2,1-2H3,(H,20,23). The third kappa shape index (κ3) is 5.19. The number of hydrogen-bond donors (Lipinski definition) is 1. The smallest absolute Gasteiger partial charge is 0.252 e. The molecule has 0 unspecified atom stereocenters. The van der Waals surface area contributed by atoms with Gasteiger partial charge in [-0.2, -0.15) is 4.31 Å². The Morgan fingerprint density at radius 2 is 1.88 bits per heavy atom. The lowest BCUT2D eigenvalue weighted by atomic mass is 10.2. The van der Waals surface area contributed by atoms with Gasteiger partial charge in [-0.25, -0.2) is 8.42 Å². The molecule has 6 nitrogen and oxygen atoms in total. The number of nitrogens with zero attached hydrogens (tertiary/aromatic N) is 2. The first kappa shape index (κ1) is 21.2. The SMILES string of the molecule is CCN(CC)CCCNC(=O)c1cc(S(=O)(=O)N2CCCC2)ccc1Cl. The first-order valence-electron chi connectivity index (χ1n) is 9.20. The summed E-state index contributed by atoms with van der Waals surface area (Å²) in [5.41, 5.74) is 0.203. The van der Waals surface area contributed by atoms with Gasteiger partial charge in [0, 0.05) is 19.6 Å². The van der Waals surface area contributed by atoms with Crippen LogP contribution in [-0.4, -0.2) is 62.8 Å². The Balaban J connectivity index is 2.03. The molecule has 0 radical (unpaired) electrons. The van der Waals surface area contributed by atoms with Crippen LogP contribution in [0.1, 0.15) is 43.5 Å². The molecule has 1 aliphatic rings. The molecule has 0 atom stereocenters. The predicted molar refractivity (Wildman–Crippen MR) is 104 cm³/mol. The van der Waals surface area contributed by atoms with Crippen LogP contribution in [-0.2, 0) is 10.0 Å². The van der Waals surface area contributed by atoms with Crippen molar-refractivity contribution < 1.29 is 13.2 Å². The number of benzene rings is 1. The van der Waals surface area contributed by atoms with Crippen LogP contribution in [0.15, 0.2) is 23.1 Å². The zero-order valence-corrected chi connectivity index (χ0v) is 17.1. The topological polar surface area (TPSA) is 69.7 Å². The number of hydrogen-bond acceptors (Lipinski definition) is 4. The van der Waals surface area contributed by atoms with Gasteiger partial charge in [-0.1, -0.05) is 25.4 Å².